The van der Waals surface area contributed by atoms with Crippen LogP contribution in [0.3, 0.4) is 0 Å². The van der Waals surface area contributed by atoms with E-state index in [0.717, 1.165) is 35.5 Å². The maximum Gasteiger partial charge on any atom is 0.204 e. The van der Waals surface area contributed by atoms with Crippen LogP contribution in [0.1, 0.15) is 18.4 Å². The number of hydrogen-bond acceptors (Lipinski definition) is 4. The van der Waals surface area contributed by atoms with Crippen LogP contribution in [0.2, 0.25) is 5.02 Å². The fourth-order valence-corrected chi connectivity index (χ4v) is 3.70. The van der Waals surface area contributed by atoms with Gasteiger partial charge in [-0.05, 0) is 73.9 Å². The molecule has 1 aromatic heterocycles. The highest BCUT2D eigenvalue weighted by molar-refractivity contribution is 7.71. The van der Waals surface area contributed by atoms with Crippen LogP contribution in [0.5, 0.6) is 0 Å². The number of hydrogen-bond donors (Lipinski definition) is 0. The standard InChI is InChI=1S/C21H20ClN5S/c1-15-3-2-4-19(13-15)27-20(16-5-7-17(22)8-6-16)24-26(21(27)28)14-25(12-11-23)18-9-10-18/h2-8,13,18H,9-10,12,14H2,1H3. The van der Waals surface area contributed by atoms with Crippen LogP contribution in [0.15, 0.2) is 48.5 Å². The second kappa shape index (κ2) is 7.88. The minimum atomic E-state index is 0.375. The predicted octanol–water partition coefficient (Wildman–Crippen LogP) is 4.98. The molecule has 28 heavy (non-hydrogen) atoms. The van der Waals surface area contributed by atoms with Gasteiger partial charge in [0.1, 0.15) is 0 Å². The second-order valence-corrected chi connectivity index (χ2v) is 7.87. The molecule has 1 saturated carbocycles. The van der Waals surface area contributed by atoms with Gasteiger partial charge in [0, 0.05) is 16.6 Å². The fourth-order valence-electron chi connectivity index (χ4n) is 3.28. The third-order valence-corrected chi connectivity index (χ3v) is 5.50. The molecule has 0 N–H and O–H groups in total. The Labute approximate surface area is 174 Å². The minimum absolute atomic E-state index is 0.375. The van der Waals surface area contributed by atoms with Gasteiger partial charge in [-0.25, -0.2) is 4.68 Å². The van der Waals surface area contributed by atoms with E-state index >= 15 is 0 Å². The van der Waals surface area contributed by atoms with Crippen molar-refractivity contribution < 1.29 is 0 Å². The van der Waals surface area contributed by atoms with E-state index in [-0.39, 0.29) is 0 Å². The SMILES string of the molecule is Cc1cccc(-n2c(-c3ccc(Cl)cc3)nn(CN(CC#N)C3CC3)c2=S)c1. The Balaban J connectivity index is 1.83. The molecule has 0 unspecified atom stereocenters. The van der Waals surface area contributed by atoms with Gasteiger partial charge in [-0.3, -0.25) is 9.47 Å². The molecular formula is C21H20ClN5S. The summed E-state index contributed by atoms with van der Waals surface area (Å²) in [6.07, 6.45) is 2.25. The predicted molar refractivity (Wildman–Crippen MR) is 113 cm³/mol. The van der Waals surface area contributed by atoms with E-state index in [4.69, 9.17) is 34.2 Å². The molecule has 0 spiro atoms. The minimum Gasteiger partial charge on any atom is -0.268 e. The lowest BCUT2D eigenvalue weighted by molar-refractivity contribution is 0.220. The monoisotopic (exact) mass is 409 g/mol. The zero-order chi connectivity index (χ0) is 19.7. The number of benzene rings is 2. The summed E-state index contributed by atoms with van der Waals surface area (Å²) in [4.78, 5) is 2.13. The molecule has 142 valence electrons. The third-order valence-electron chi connectivity index (χ3n) is 4.85. The quantitative estimate of drug-likeness (QED) is 0.425. The van der Waals surface area contributed by atoms with Crippen LogP contribution in [0.25, 0.3) is 17.1 Å². The first-order valence-electron chi connectivity index (χ1n) is 9.20. The van der Waals surface area contributed by atoms with Crippen molar-refractivity contribution in [3.05, 3.63) is 63.9 Å². The average Bonchev–Trinajstić information content (AvgIpc) is 3.47. The molecule has 5 nitrogen and oxygen atoms in total. The zero-order valence-corrected chi connectivity index (χ0v) is 17.1. The number of aryl methyl sites for hydroxylation is 1. The first-order valence-corrected chi connectivity index (χ1v) is 9.99. The highest BCUT2D eigenvalue weighted by Gasteiger charge is 2.29. The number of nitrogens with zero attached hydrogens (tertiary/aromatic N) is 5. The normalized spacial score (nSPS) is 13.6. The van der Waals surface area contributed by atoms with E-state index < -0.39 is 0 Å². The number of rotatable bonds is 6. The Hall–Kier alpha value is -2.46. The summed E-state index contributed by atoms with van der Waals surface area (Å²) in [7, 11) is 0. The van der Waals surface area contributed by atoms with Gasteiger partial charge in [0.15, 0.2) is 5.82 Å². The molecule has 1 aliphatic carbocycles. The summed E-state index contributed by atoms with van der Waals surface area (Å²) in [6, 6.07) is 18.5. The van der Waals surface area contributed by atoms with Crippen molar-refractivity contribution in [3.8, 4) is 23.1 Å². The maximum atomic E-state index is 9.17. The molecule has 7 heteroatoms. The van der Waals surface area contributed by atoms with E-state index in [1.165, 1.54) is 0 Å². The van der Waals surface area contributed by atoms with Gasteiger partial charge in [-0.1, -0.05) is 23.7 Å². The molecule has 0 saturated heterocycles. The smallest absolute Gasteiger partial charge is 0.204 e. The van der Waals surface area contributed by atoms with Crippen LogP contribution < -0.4 is 0 Å². The van der Waals surface area contributed by atoms with Crippen molar-refractivity contribution >= 4 is 23.8 Å². The van der Waals surface area contributed by atoms with Gasteiger partial charge >= 0.3 is 0 Å². The Morgan fingerprint density at radius 3 is 2.64 bits per heavy atom. The second-order valence-electron chi connectivity index (χ2n) is 7.06. The van der Waals surface area contributed by atoms with Crippen LogP contribution >= 0.6 is 23.8 Å². The molecule has 1 heterocycles. The van der Waals surface area contributed by atoms with E-state index in [2.05, 4.69) is 30.0 Å². The molecule has 1 fully saturated rings. The summed E-state index contributed by atoms with van der Waals surface area (Å²) < 4.78 is 4.42. The lowest BCUT2D eigenvalue weighted by Crippen LogP contribution is -2.29. The van der Waals surface area contributed by atoms with Crippen LogP contribution in [0.4, 0.5) is 0 Å². The Kier molecular flexibility index (Phi) is 5.31. The van der Waals surface area contributed by atoms with Crippen molar-refractivity contribution in [1.82, 2.24) is 19.2 Å². The molecule has 3 aromatic rings. The molecule has 4 rings (SSSR count). The molecule has 0 amide bonds. The maximum absolute atomic E-state index is 9.17. The Morgan fingerprint density at radius 1 is 1.25 bits per heavy atom. The van der Waals surface area contributed by atoms with E-state index in [1.54, 1.807) is 0 Å². The summed E-state index contributed by atoms with van der Waals surface area (Å²) in [6.45, 7) is 2.94. The van der Waals surface area contributed by atoms with Crippen molar-refractivity contribution in [2.24, 2.45) is 0 Å². The van der Waals surface area contributed by atoms with Gasteiger partial charge in [-0.2, -0.15) is 5.26 Å². The molecule has 0 aliphatic heterocycles. The zero-order valence-electron chi connectivity index (χ0n) is 15.5. The van der Waals surface area contributed by atoms with Gasteiger partial charge in [-0.15, -0.1) is 5.10 Å². The highest BCUT2D eigenvalue weighted by Crippen LogP contribution is 2.28. The molecule has 1 aliphatic rings. The molecule has 0 atom stereocenters. The molecule has 0 bridgehead atoms. The average molecular weight is 410 g/mol. The summed E-state index contributed by atoms with van der Waals surface area (Å²) in [5, 5.41) is 14.7. The van der Waals surface area contributed by atoms with E-state index in [1.807, 2.05) is 45.6 Å². The third kappa shape index (κ3) is 3.88. The van der Waals surface area contributed by atoms with Crippen molar-refractivity contribution in [1.29, 1.82) is 5.26 Å². The van der Waals surface area contributed by atoms with Crippen molar-refractivity contribution in [3.63, 3.8) is 0 Å². The van der Waals surface area contributed by atoms with Crippen LogP contribution in [-0.2, 0) is 6.67 Å². The first kappa shape index (κ1) is 18.9. The van der Waals surface area contributed by atoms with Gasteiger partial charge in [0.05, 0.1) is 25.0 Å². The Bertz CT molecular complexity index is 1090. The summed E-state index contributed by atoms with van der Waals surface area (Å²) in [5.41, 5.74) is 3.06. The lowest BCUT2D eigenvalue weighted by Gasteiger charge is -2.17. The lowest BCUT2D eigenvalue weighted by atomic mass is 10.2. The topological polar surface area (TPSA) is 49.8 Å². The highest BCUT2D eigenvalue weighted by atomic mass is 35.5. The van der Waals surface area contributed by atoms with Gasteiger partial charge in [0.25, 0.3) is 0 Å². The molecule has 0 radical (unpaired) electrons. The van der Waals surface area contributed by atoms with Gasteiger partial charge in [0.2, 0.25) is 4.77 Å². The number of aromatic nitrogens is 3. The fraction of sp³-hybridized carbons (Fsp3) is 0.286. The largest absolute Gasteiger partial charge is 0.268 e. The summed E-state index contributed by atoms with van der Waals surface area (Å²) in [5.74, 6) is 0.764. The number of nitriles is 1. The van der Waals surface area contributed by atoms with Gasteiger partial charge < -0.3 is 0 Å². The molecule has 2 aromatic carbocycles. The van der Waals surface area contributed by atoms with Crippen molar-refractivity contribution in [2.75, 3.05) is 6.54 Å². The Morgan fingerprint density at radius 2 is 2.00 bits per heavy atom. The molecular weight excluding hydrogens is 390 g/mol. The first-order chi connectivity index (χ1) is 13.6. The van der Waals surface area contributed by atoms with E-state index in [9.17, 15) is 0 Å². The number of halogens is 1. The van der Waals surface area contributed by atoms with Crippen molar-refractivity contribution in [2.45, 2.75) is 32.5 Å². The van der Waals surface area contributed by atoms with Crippen LogP contribution in [-0.4, -0.2) is 31.8 Å². The van der Waals surface area contributed by atoms with Crippen LogP contribution in [0, 0.1) is 23.0 Å². The van der Waals surface area contributed by atoms with E-state index in [0.29, 0.717) is 29.0 Å². The summed E-state index contributed by atoms with van der Waals surface area (Å²) >= 11 is 11.9.